The number of amides is 3. The maximum Gasteiger partial charge on any atom is 0.272 e. The van der Waals surface area contributed by atoms with E-state index >= 15 is 0 Å². The molecule has 4 aromatic rings. The molecule has 0 saturated heterocycles. The second-order valence-corrected chi connectivity index (χ2v) is 11.8. The van der Waals surface area contributed by atoms with Crippen LogP contribution in [0.25, 0.3) is 6.08 Å². The van der Waals surface area contributed by atoms with Crippen molar-refractivity contribution in [3.63, 3.8) is 0 Å². The minimum atomic E-state index is -0.554. The standard InChI is InChI=1S/C34H31Cl2N3O3S/c1-4-30(34(42)38-28-18-8-11-21(2)22(28)3)43-26-16-10-15-25(20-26)37-33(41)29(19-24-14-9-17-27(35)31(24)36)39-32(40)23-12-6-5-7-13-23/h5-20,30H,4H2,1-3H3,(H,37,41)(H,38,42)(H,39,40)/b29-19+. The maximum atomic E-state index is 13.5. The lowest BCUT2D eigenvalue weighted by Crippen LogP contribution is -2.30. The van der Waals surface area contributed by atoms with Crippen LogP contribution in [0.1, 0.15) is 40.4 Å². The van der Waals surface area contributed by atoms with Gasteiger partial charge >= 0.3 is 0 Å². The summed E-state index contributed by atoms with van der Waals surface area (Å²) >= 11 is 14.0. The highest BCUT2D eigenvalue weighted by molar-refractivity contribution is 8.00. The number of benzene rings is 4. The Morgan fingerprint density at radius 1 is 0.860 bits per heavy atom. The largest absolute Gasteiger partial charge is 0.325 e. The Morgan fingerprint density at radius 3 is 2.33 bits per heavy atom. The first-order valence-electron chi connectivity index (χ1n) is 13.6. The second-order valence-electron chi connectivity index (χ2n) is 9.75. The van der Waals surface area contributed by atoms with Crippen LogP contribution >= 0.6 is 35.0 Å². The summed E-state index contributed by atoms with van der Waals surface area (Å²) in [5, 5.41) is 8.83. The number of anilines is 2. The third-order valence-electron chi connectivity index (χ3n) is 6.71. The van der Waals surface area contributed by atoms with E-state index in [0.29, 0.717) is 28.3 Å². The molecule has 4 rings (SSSR count). The Bertz CT molecular complexity index is 1680. The quantitative estimate of drug-likeness (QED) is 0.121. The zero-order valence-electron chi connectivity index (χ0n) is 23.9. The highest BCUT2D eigenvalue weighted by Gasteiger charge is 2.20. The lowest BCUT2D eigenvalue weighted by Gasteiger charge is -2.17. The summed E-state index contributed by atoms with van der Waals surface area (Å²) in [5.74, 6) is -1.10. The Balaban J connectivity index is 1.53. The van der Waals surface area contributed by atoms with E-state index in [-0.39, 0.29) is 21.9 Å². The number of thioether (sulfide) groups is 1. The van der Waals surface area contributed by atoms with Crippen LogP contribution in [0.15, 0.2) is 102 Å². The fraction of sp³-hybridized carbons (Fsp3) is 0.147. The zero-order valence-corrected chi connectivity index (χ0v) is 26.2. The van der Waals surface area contributed by atoms with Gasteiger partial charge in [-0.25, -0.2) is 0 Å². The van der Waals surface area contributed by atoms with Crippen LogP contribution < -0.4 is 16.0 Å². The molecule has 3 amide bonds. The molecule has 1 atom stereocenters. The number of carbonyl (C=O) groups excluding carboxylic acids is 3. The fourth-order valence-electron chi connectivity index (χ4n) is 4.16. The van der Waals surface area contributed by atoms with Crippen LogP contribution in [-0.4, -0.2) is 23.0 Å². The van der Waals surface area contributed by atoms with E-state index in [2.05, 4.69) is 16.0 Å². The molecule has 0 aliphatic rings. The maximum absolute atomic E-state index is 13.5. The Labute approximate surface area is 265 Å². The Morgan fingerprint density at radius 2 is 1.58 bits per heavy atom. The number of carbonyl (C=O) groups is 3. The highest BCUT2D eigenvalue weighted by Crippen LogP contribution is 2.30. The lowest BCUT2D eigenvalue weighted by atomic mass is 10.1. The summed E-state index contributed by atoms with van der Waals surface area (Å²) in [7, 11) is 0. The number of rotatable bonds is 10. The molecule has 0 aliphatic heterocycles. The van der Waals surface area contributed by atoms with Crippen molar-refractivity contribution < 1.29 is 14.4 Å². The van der Waals surface area contributed by atoms with Gasteiger partial charge in [0.05, 0.1) is 15.3 Å². The Hall–Kier alpha value is -4.04. The second kappa shape index (κ2) is 14.9. The first-order valence-corrected chi connectivity index (χ1v) is 15.3. The van der Waals surface area contributed by atoms with Crippen LogP contribution in [0.5, 0.6) is 0 Å². The average Bonchev–Trinajstić information content (AvgIpc) is 3.00. The van der Waals surface area contributed by atoms with E-state index in [9.17, 15) is 14.4 Å². The molecule has 0 saturated carbocycles. The van der Waals surface area contributed by atoms with Crippen molar-refractivity contribution in [2.75, 3.05) is 10.6 Å². The average molecular weight is 633 g/mol. The number of hydrogen-bond donors (Lipinski definition) is 3. The van der Waals surface area contributed by atoms with E-state index in [0.717, 1.165) is 21.7 Å². The smallest absolute Gasteiger partial charge is 0.272 e. The molecule has 0 spiro atoms. The van der Waals surface area contributed by atoms with Crippen molar-refractivity contribution in [3.05, 3.63) is 129 Å². The lowest BCUT2D eigenvalue weighted by molar-refractivity contribution is -0.116. The predicted molar refractivity (Wildman–Crippen MR) is 178 cm³/mol. The van der Waals surface area contributed by atoms with Gasteiger partial charge in [0, 0.05) is 21.8 Å². The molecule has 1 unspecified atom stereocenters. The van der Waals surface area contributed by atoms with E-state index in [1.54, 1.807) is 66.7 Å². The van der Waals surface area contributed by atoms with Crippen LogP contribution in [-0.2, 0) is 9.59 Å². The van der Waals surface area contributed by atoms with Crippen LogP contribution in [0, 0.1) is 13.8 Å². The molecule has 0 radical (unpaired) electrons. The summed E-state index contributed by atoms with van der Waals surface area (Å²) in [6.07, 6.45) is 2.09. The van der Waals surface area contributed by atoms with Crippen LogP contribution in [0.3, 0.4) is 0 Å². The first kappa shape index (κ1) is 31.9. The molecule has 6 nitrogen and oxygen atoms in total. The Kier molecular flexibility index (Phi) is 11.1. The number of halogens is 2. The number of aryl methyl sites for hydroxylation is 1. The van der Waals surface area contributed by atoms with Gasteiger partial charge in [0.1, 0.15) is 5.70 Å². The normalized spacial score (nSPS) is 11.9. The van der Waals surface area contributed by atoms with Gasteiger partial charge in [-0.15, -0.1) is 11.8 Å². The topological polar surface area (TPSA) is 87.3 Å². The van der Waals surface area contributed by atoms with Gasteiger partial charge in [0.25, 0.3) is 11.8 Å². The molecule has 220 valence electrons. The molecule has 4 aromatic carbocycles. The first-order chi connectivity index (χ1) is 20.7. The van der Waals surface area contributed by atoms with Crippen molar-refractivity contribution >= 4 is 70.1 Å². The van der Waals surface area contributed by atoms with Gasteiger partial charge in [0.2, 0.25) is 5.91 Å². The third-order valence-corrected chi connectivity index (χ3v) is 8.90. The minimum absolute atomic E-state index is 0.0181. The van der Waals surface area contributed by atoms with Gasteiger partial charge in [-0.3, -0.25) is 14.4 Å². The molecular weight excluding hydrogens is 601 g/mol. The van der Waals surface area contributed by atoms with Gasteiger partial charge in [-0.05, 0) is 85.5 Å². The van der Waals surface area contributed by atoms with Crippen molar-refractivity contribution in [1.82, 2.24) is 5.32 Å². The molecule has 0 heterocycles. The van der Waals surface area contributed by atoms with Crippen molar-refractivity contribution in [3.8, 4) is 0 Å². The minimum Gasteiger partial charge on any atom is -0.325 e. The monoisotopic (exact) mass is 631 g/mol. The van der Waals surface area contributed by atoms with E-state index in [1.807, 2.05) is 45.0 Å². The van der Waals surface area contributed by atoms with Crippen molar-refractivity contribution in [1.29, 1.82) is 0 Å². The summed E-state index contributed by atoms with van der Waals surface area (Å²) in [6, 6.07) is 26.6. The van der Waals surface area contributed by atoms with Crippen molar-refractivity contribution in [2.45, 2.75) is 37.3 Å². The van der Waals surface area contributed by atoms with Gasteiger partial charge in [0.15, 0.2) is 0 Å². The molecule has 0 fully saturated rings. The van der Waals surface area contributed by atoms with Crippen LogP contribution in [0.2, 0.25) is 10.0 Å². The number of nitrogens with one attached hydrogen (secondary N) is 3. The SMILES string of the molecule is CCC(Sc1cccc(NC(=O)/C(=C\c2cccc(Cl)c2Cl)NC(=O)c2ccccc2)c1)C(=O)Nc1cccc(C)c1C. The molecular formula is C34H31Cl2N3O3S. The number of hydrogen-bond acceptors (Lipinski definition) is 4. The predicted octanol–water partition coefficient (Wildman–Crippen LogP) is 8.53. The fourth-order valence-corrected chi connectivity index (χ4v) is 5.54. The highest BCUT2D eigenvalue weighted by atomic mass is 35.5. The van der Waals surface area contributed by atoms with E-state index in [4.69, 9.17) is 23.2 Å². The summed E-state index contributed by atoms with van der Waals surface area (Å²) in [5.41, 5.74) is 4.27. The van der Waals surface area contributed by atoms with Crippen molar-refractivity contribution in [2.24, 2.45) is 0 Å². The molecule has 0 aliphatic carbocycles. The van der Waals surface area contributed by atoms with E-state index < -0.39 is 11.8 Å². The summed E-state index contributed by atoms with van der Waals surface area (Å²) in [4.78, 5) is 40.4. The third kappa shape index (κ3) is 8.51. The van der Waals surface area contributed by atoms with E-state index in [1.165, 1.54) is 17.8 Å². The molecule has 43 heavy (non-hydrogen) atoms. The zero-order chi connectivity index (χ0) is 30.9. The summed E-state index contributed by atoms with van der Waals surface area (Å²) < 4.78 is 0. The van der Waals surface area contributed by atoms with Crippen LogP contribution in [0.4, 0.5) is 11.4 Å². The van der Waals surface area contributed by atoms with Gasteiger partial charge < -0.3 is 16.0 Å². The molecule has 3 N–H and O–H groups in total. The summed E-state index contributed by atoms with van der Waals surface area (Å²) in [6.45, 7) is 5.95. The molecule has 9 heteroatoms. The van der Waals surface area contributed by atoms with Gasteiger partial charge in [-0.2, -0.15) is 0 Å². The van der Waals surface area contributed by atoms with Gasteiger partial charge in [-0.1, -0.05) is 78.7 Å². The molecule has 0 aromatic heterocycles. The molecule has 0 bridgehead atoms.